The lowest BCUT2D eigenvalue weighted by atomic mass is 10.2. The number of rotatable bonds is 5. The van der Waals surface area contributed by atoms with E-state index >= 15 is 0 Å². The number of hydrogen-bond donors (Lipinski definition) is 2. The molecule has 1 aromatic carbocycles. The Bertz CT molecular complexity index is 650. The van der Waals surface area contributed by atoms with Gasteiger partial charge in [0.15, 0.2) is 11.5 Å². The van der Waals surface area contributed by atoms with Crippen molar-refractivity contribution in [2.75, 3.05) is 25.3 Å². The fourth-order valence-electron chi connectivity index (χ4n) is 2.09. The fourth-order valence-corrected chi connectivity index (χ4v) is 2.09. The summed E-state index contributed by atoms with van der Waals surface area (Å²) in [5.41, 5.74) is 7.44. The van der Waals surface area contributed by atoms with E-state index in [-0.39, 0.29) is 5.91 Å². The van der Waals surface area contributed by atoms with Gasteiger partial charge in [0, 0.05) is 24.5 Å². The van der Waals surface area contributed by atoms with Crippen LogP contribution < -0.4 is 20.5 Å². The molecule has 0 saturated carbocycles. The first kappa shape index (κ1) is 14.8. The molecular weight excluding hydrogens is 270 g/mol. The van der Waals surface area contributed by atoms with Gasteiger partial charge in [0.2, 0.25) is 0 Å². The third kappa shape index (κ3) is 3.10. The molecule has 112 valence electrons. The van der Waals surface area contributed by atoms with Gasteiger partial charge in [0.25, 0.3) is 5.91 Å². The summed E-state index contributed by atoms with van der Waals surface area (Å²) in [6, 6.07) is 6.85. The van der Waals surface area contributed by atoms with Crippen LogP contribution in [0.5, 0.6) is 11.5 Å². The number of nitrogens with one attached hydrogen (secondary N) is 1. The van der Waals surface area contributed by atoms with Crippen molar-refractivity contribution in [3.63, 3.8) is 0 Å². The maximum Gasteiger partial charge on any atom is 0.272 e. The number of carbonyl (C=O) groups is 1. The molecule has 0 aliphatic rings. The van der Waals surface area contributed by atoms with Crippen LogP contribution in [-0.4, -0.2) is 24.7 Å². The molecular formula is C15H19N3O3. The average molecular weight is 289 g/mol. The lowest BCUT2D eigenvalue weighted by Gasteiger charge is -2.11. The molecule has 0 atom stereocenters. The Hall–Kier alpha value is -2.63. The van der Waals surface area contributed by atoms with Crippen molar-refractivity contribution < 1.29 is 14.3 Å². The van der Waals surface area contributed by atoms with E-state index in [0.29, 0.717) is 35.1 Å². The first-order chi connectivity index (χ1) is 10.1. The molecule has 21 heavy (non-hydrogen) atoms. The Labute approximate surface area is 123 Å². The van der Waals surface area contributed by atoms with Gasteiger partial charge in [-0.15, -0.1) is 0 Å². The van der Waals surface area contributed by atoms with Gasteiger partial charge in [-0.3, -0.25) is 4.79 Å². The van der Waals surface area contributed by atoms with Crippen molar-refractivity contribution >= 4 is 17.3 Å². The SMILES string of the molecule is CCn1cc(N)cc1C(=O)Nc1ccc(OC)c(OC)c1. The number of aromatic nitrogens is 1. The highest BCUT2D eigenvalue weighted by atomic mass is 16.5. The molecule has 0 radical (unpaired) electrons. The summed E-state index contributed by atoms with van der Waals surface area (Å²) in [5.74, 6) is 0.943. The second-order valence-electron chi connectivity index (χ2n) is 4.47. The third-order valence-corrected chi connectivity index (χ3v) is 3.13. The first-order valence-electron chi connectivity index (χ1n) is 6.58. The molecule has 0 aliphatic carbocycles. The molecule has 0 spiro atoms. The van der Waals surface area contributed by atoms with Gasteiger partial charge in [-0.05, 0) is 25.1 Å². The summed E-state index contributed by atoms with van der Waals surface area (Å²) in [6.45, 7) is 2.62. The minimum Gasteiger partial charge on any atom is -0.493 e. The predicted molar refractivity (Wildman–Crippen MR) is 82.0 cm³/mol. The molecule has 0 saturated heterocycles. The summed E-state index contributed by atoms with van der Waals surface area (Å²) < 4.78 is 12.2. The number of anilines is 2. The molecule has 2 rings (SSSR count). The highest BCUT2D eigenvalue weighted by molar-refractivity contribution is 6.04. The number of benzene rings is 1. The van der Waals surface area contributed by atoms with Crippen molar-refractivity contribution in [3.8, 4) is 11.5 Å². The van der Waals surface area contributed by atoms with Crippen LogP contribution in [0, 0.1) is 0 Å². The zero-order chi connectivity index (χ0) is 15.4. The lowest BCUT2D eigenvalue weighted by Crippen LogP contribution is -2.16. The van der Waals surface area contributed by atoms with Crippen LogP contribution in [0.4, 0.5) is 11.4 Å². The third-order valence-electron chi connectivity index (χ3n) is 3.13. The minimum absolute atomic E-state index is 0.222. The maximum absolute atomic E-state index is 12.3. The molecule has 3 N–H and O–H groups in total. The van der Waals surface area contributed by atoms with E-state index in [1.807, 2.05) is 6.92 Å². The Morgan fingerprint density at radius 2 is 1.95 bits per heavy atom. The summed E-state index contributed by atoms with van der Waals surface area (Å²) in [5, 5.41) is 2.82. The first-order valence-corrected chi connectivity index (χ1v) is 6.58. The van der Waals surface area contributed by atoms with Crippen molar-refractivity contribution in [1.82, 2.24) is 4.57 Å². The average Bonchev–Trinajstić information content (AvgIpc) is 2.88. The fraction of sp³-hybridized carbons (Fsp3) is 0.267. The van der Waals surface area contributed by atoms with Gasteiger partial charge in [-0.25, -0.2) is 0 Å². The van der Waals surface area contributed by atoms with Crippen LogP contribution in [0.25, 0.3) is 0 Å². The van der Waals surface area contributed by atoms with E-state index in [2.05, 4.69) is 5.32 Å². The van der Waals surface area contributed by atoms with Crippen LogP contribution in [0.3, 0.4) is 0 Å². The van der Waals surface area contributed by atoms with Gasteiger partial charge < -0.3 is 25.1 Å². The minimum atomic E-state index is -0.222. The summed E-state index contributed by atoms with van der Waals surface area (Å²) >= 11 is 0. The Kier molecular flexibility index (Phi) is 4.37. The standard InChI is InChI=1S/C15H19N3O3/c1-4-18-9-10(16)7-12(18)15(19)17-11-5-6-13(20-2)14(8-11)21-3/h5-9H,4,16H2,1-3H3,(H,17,19). The van der Waals surface area contributed by atoms with Crippen LogP contribution in [-0.2, 0) is 6.54 Å². The molecule has 1 amide bonds. The monoisotopic (exact) mass is 289 g/mol. The predicted octanol–water partition coefficient (Wildman–Crippen LogP) is 2.36. The quantitative estimate of drug-likeness (QED) is 0.885. The van der Waals surface area contributed by atoms with Crippen LogP contribution in [0.2, 0.25) is 0 Å². The molecule has 0 fully saturated rings. The van der Waals surface area contributed by atoms with E-state index in [4.69, 9.17) is 15.2 Å². The van der Waals surface area contributed by atoms with Crippen molar-refractivity contribution in [2.45, 2.75) is 13.5 Å². The highest BCUT2D eigenvalue weighted by Gasteiger charge is 2.13. The summed E-state index contributed by atoms with van der Waals surface area (Å²) in [4.78, 5) is 12.3. The summed E-state index contributed by atoms with van der Waals surface area (Å²) in [6.07, 6.45) is 1.74. The molecule has 6 heteroatoms. The van der Waals surface area contributed by atoms with Crippen LogP contribution in [0.1, 0.15) is 17.4 Å². The van der Waals surface area contributed by atoms with Crippen molar-refractivity contribution in [2.24, 2.45) is 0 Å². The number of methoxy groups -OCH3 is 2. The highest BCUT2D eigenvalue weighted by Crippen LogP contribution is 2.30. The van der Waals surface area contributed by atoms with E-state index in [1.54, 1.807) is 49.2 Å². The molecule has 0 aliphatic heterocycles. The van der Waals surface area contributed by atoms with Gasteiger partial charge in [0.05, 0.1) is 19.9 Å². The number of amides is 1. The number of hydrogen-bond acceptors (Lipinski definition) is 4. The van der Waals surface area contributed by atoms with E-state index in [9.17, 15) is 4.79 Å². The van der Waals surface area contributed by atoms with E-state index in [1.165, 1.54) is 0 Å². The molecule has 1 aromatic heterocycles. The molecule has 0 bridgehead atoms. The number of nitrogens with two attached hydrogens (primary N) is 1. The van der Waals surface area contributed by atoms with Crippen LogP contribution in [0.15, 0.2) is 30.5 Å². The van der Waals surface area contributed by atoms with Gasteiger partial charge >= 0.3 is 0 Å². The molecule has 1 heterocycles. The number of ether oxygens (including phenoxy) is 2. The van der Waals surface area contributed by atoms with Crippen molar-refractivity contribution in [1.29, 1.82) is 0 Å². The Morgan fingerprint density at radius 1 is 1.24 bits per heavy atom. The maximum atomic E-state index is 12.3. The summed E-state index contributed by atoms with van der Waals surface area (Å²) in [7, 11) is 3.11. The van der Waals surface area contributed by atoms with E-state index in [0.717, 1.165) is 0 Å². The lowest BCUT2D eigenvalue weighted by molar-refractivity contribution is 0.101. The number of nitrogen functional groups attached to an aromatic ring is 1. The number of nitrogens with zero attached hydrogens (tertiary/aromatic N) is 1. The molecule has 2 aromatic rings. The molecule has 6 nitrogen and oxygen atoms in total. The van der Waals surface area contributed by atoms with E-state index < -0.39 is 0 Å². The second-order valence-corrected chi connectivity index (χ2v) is 4.47. The molecule has 0 unspecified atom stereocenters. The number of carbonyl (C=O) groups excluding carboxylic acids is 1. The van der Waals surface area contributed by atoms with Gasteiger partial charge in [0.1, 0.15) is 5.69 Å². The van der Waals surface area contributed by atoms with Crippen molar-refractivity contribution in [3.05, 3.63) is 36.2 Å². The second kappa shape index (κ2) is 6.21. The van der Waals surface area contributed by atoms with Gasteiger partial charge in [-0.2, -0.15) is 0 Å². The smallest absolute Gasteiger partial charge is 0.272 e. The largest absolute Gasteiger partial charge is 0.493 e. The zero-order valence-electron chi connectivity index (χ0n) is 12.3. The topological polar surface area (TPSA) is 78.5 Å². The number of aryl methyl sites for hydroxylation is 1. The normalized spacial score (nSPS) is 10.2. The Balaban J connectivity index is 2.23. The van der Waals surface area contributed by atoms with Crippen LogP contribution >= 0.6 is 0 Å². The van der Waals surface area contributed by atoms with Gasteiger partial charge in [-0.1, -0.05) is 0 Å². The Morgan fingerprint density at radius 3 is 2.57 bits per heavy atom. The zero-order valence-corrected chi connectivity index (χ0v) is 12.3.